The monoisotopic (exact) mass is 429 g/mol. The Morgan fingerprint density at radius 2 is 2.03 bits per heavy atom. The van der Waals surface area contributed by atoms with E-state index in [0.29, 0.717) is 10.7 Å². The first kappa shape index (κ1) is 20.2. The maximum Gasteiger partial charge on any atom is 0.255 e. The summed E-state index contributed by atoms with van der Waals surface area (Å²) < 4.78 is 14.1. The van der Waals surface area contributed by atoms with Gasteiger partial charge in [-0.1, -0.05) is 6.07 Å². The molecule has 31 heavy (non-hydrogen) atoms. The second kappa shape index (κ2) is 8.73. The number of anilines is 3. The van der Waals surface area contributed by atoms with Gasteiger partial charge < -0.3 is 10.6 Å². The van der Waals surface area contributed by atoms with Crippen LogP contribution >= 0.6 is 11.3 Å². The lowest BCUT2D eigenvalue weighted by atomic mass is 10.1. The number of amides is 1. The lowest BCUT2D eigenvalue weighted by molar-refractivity contribution is 0.102. The minimum absolute atomic E-state index is 0.0140. The van der Waals surface area contributed by atoms with E-state index < -0.39 is 11.7 Å². The molecular formula is C23H16FN5OS. The highest BCUT2D eigenvalue weighted by Gasteiger charge is 2.13. The highest BCUT2D eigenvalue weighted by molar-refractivity contribution is 7.14. The summed E-state index contributed by atoms with van der Waals surface area (Å²) in [5.74, 6) is -1.12. The van der Waals surface area contributed by atoms with Crippen molar-refractivity contribution in [2.24, 2.45) is 0 Å². The van der Waals surface area contributed by atoms with Crippen molar-refractivity contribution in [1.29, 1.82) is 5.26 Å². The molecule has 6 nitrogen and oxygen atoms in total. The van der Waals surface area contributed by atoms with Crippen LogP contribution in [0.4, 0.5) is 20.9 Å². The van der Waals surface area contributed by atoms with Gasteiger partial charge in [0.1, 0.15) is 5.82 Å². The molecule has 2 aromatic heterocycles. The highest BCUT2D eigenvalue weighted by atomic mass is 32.1. The number of thiazole rings is 1. The summed E-state index contributed by atoms with van der Waals surface area (Å²) in [6.07, 6.45) is 3.45. The standard InChI is InChI=1S/C23H16FN5OS/c1-14-4-6-16(22(30)27-19-7-5-15(11-25)9-18(19)24)10-20(14)28-23-29-21(13-31-23)17-3-2-8-26-12-17/h2-10,12-13H,1H3,(H,27,30)(H,28,29). The maximum atomic E-state index is 14.1. The molecule has 0 saturated carbocycles. The van der Waals surface area contributed by atoms with Crippen molar-refractivity contribution >= 4 is 33.8 Å². The van der Waals surface area contributed by atoms with Crippen molar-refractivity contribution in [2.45, 2.75) is 6.92 Å². The van der Waals surface area contributed by atoms with Gasteiger partial charge in [0, 0.05) is 34.6 Å². The molecule has 0 unspecified atom stereocenters. The van der Waals surface area contributed by atoms with Gasteiger partial charge in [0.05, 0.1) is 23.0 Å². The Morgan fingerprint density at radius 1 is 1.16 bits per heavy atom. The lowest BCUT2D eigenvalue weighted by Gasteiger charge is -2.11. The van der Waals surface area contributed by atoms with Crippen LogP contribution in [0.15, 0.2) is 66.3 Å². The zero-order chi connectivity index (χ0) is 21.8. The van der Waals surface area contributed by atoms with Crippen LogP contribution in [0.2, 0.25) is 0 Å². The van der Waals surface area contributed by atoms with E-state index in [4.69, 9.17) is 5.26 Å². The number of carbonyl (C=O) groups excluding carboxylic acids is 1. The summed E-state index contributed by atoms with van der Waals surface area (Å²) in [6.45, 7) is 1.92. The zero-order valence-corrected chi connectivity index (χ0v) is 17.2. The van der Waals surface area contributed by atoms with Crippen LogP contribution in [0.1, 0.15) is 21.5 Å². The van der Waals surface area contributed by atoms with Crippen molar-refractivity contribution in [3.8, 4) is 17.3 Å². The summed E-state index contributed by atoms with van der Waals surface area (Å²) in [7, 11) is 0. The molecule has 0 bridgehead atoms. The number of nitriles is 1. The minimum Gasteiger partial charge on any atom is -0.331 e. The molecule has 0 spiro atoms. The molecule has 2 N–H and O–H groups in total. The number of nitrogens with zero attached hydrogens (tertiary/aromatic N) is 3. The van der Waals surface area contributed by atoms with E-state index in [1.807, 2.05) is 36.6 Å². The van der Waals surface area contributed by atoms with Crippen LogP contribution < -0.4 is 10.6 Å². The summed E-state index contributed by atoms with van der Waals surface area (Å²) in [5, 5.41) is 17.2. The minimum atomic E-state index is -0.663. The summed E-state index contributed by atoms with van der Waals surface area (Å²) in [4.78, 5) is 21.3. The Morgan fingerprint density at radius 3 is 2.77 bits per heavy atom. The fraction of sp³-hybridized carbons (Fsp3) is 0.0435. The predicted octanol–water partition coefficient (Wildman–Crippen LogP) is 5.52. The third kappa shape index (κ3) is 4.57. The predicted molar refractivity (Wildman–Crippen MR) is 119 cm³/mol. The number of aromatic nitrogens is 2. The quantitative estimate of drug-likeness (QED) is 0.436. The van der Waals surface area contributed by atoms with Crippen LogP contribution in [0.25, 0.3) is 11.3 Å². The van der Waals surface area contributed by atoms with Crippen molar-refractivity contribution in [1.82, 2.24) is 9.97 Å². The molecule has 0 aliphatic carbocycles. The third-order valence-corrected chi connectivity index (χ3v) is 5.31. The number of hydrogen-bond acceptors (Lipinski definition) is 6. The number of hydrogen-bond donors (Lipinski definition) is 2. The van der Waals surface area contributed by atoms with Crippen LogP contribution in [-0.4, -0.2) is 15.9 Å². The molecule has 0 saturated heterocycles. The van der Waals surface area contributed by atoms with Gasteiger partial charge in [-0.15, -0.1) is 11.3 Å². The maximum absolute atomic E-state index is 14.1. The van der Waals surface area contributed by atoms with E-state index in [1.54, 1.807) is 24.5 Å². The van der Waals surface area contributed by atoms with Gasteiger partial charge in [-0.05, 0) is 55.0 Å². The molecule has 8 heteroatoms. The highest BCUT2D eigenvalue weighted by Crippen LogP contribution is 2.28. The van der Waals surface area contributed by atoms with E-state index in [2.05, 4.69) is 20.6 Å². The third-order valence-electron chi connectivity index (χ3n) is 4.55. The van der Waals surface area contributed by atoms with E-state index in [-0.39, 0.29) is 11.3 Å². The Labute approximate surface area is 182 Å². The van der Waals surface area contributed by atoms with Gasteiger partial charge in [0.15, 0.2) is 5.13 Å². The van der Waals surface area contributed by atoms with E-state index in [1.165, 1.54) is 23.5 Å². The molecule has 2 aromatic carbocycles. The number of rotatable bonds is 5. The van der Waals surface area contributed by atoms with Gasteiger partial charge in [-0.25, -0.2) is 9.37 Å². The van der Waals surface area contributed by atoms with Gasteiger partial charge in [0.2, 0.25) is 0 Å². The molecular weight excluding hydrogens is 413 g/mol. The van der Waals surface area contributed by atoms with Crippen LogP contribution in [0.3, 0.4) is 0 Å². The largest absolute Gasteiger partial charge is 0.331 e. The van der Waals surface area contributed by atoms with E-state index in [9.17, 15) is 9.18 Å². The summed E-state index contributed by atoms with van der Waals surface area (Å²) in [5.41, 5.74) is 3.94. The Hall–Kier alpha value is -4.09. The molecule has 0 radical (unpaired) electrons. The van der Waals surface area contributed by atoms with Gasteiger partial charge >= 0.3 is 0 Å². The number of carbonyl (C=O) groups is 1. The fourth-order valence-corrected chi connectivity index (χ4v) is 3.60. The van der Waals surface area contributed by atoms with Crippen molar-refractivity contribution in [3.05, 3.63) is 88.8 Å². The first-order chi connectivity index (χ1) is 15.0. The number of halogens is 1. The average Bonchev–Trinajstić information content (AvgIpc) is 3.25. The van der Waals surface area contributed by atoms with Crippen LogP contribution in [0, 0.1) is 24.1 Å². The average molecular weight is 429 g/mol. The Balaban J connectivity index is 1.53. The van der Waals surface area contributed by atoms with Gasteiger partial charge in [-0.3, -0.25) is 9.78 Å². The molecule has 0 atom stereocenters. The van der Waals surface area contributed by atoms with E-state index in [0.717, 1.165) is 28.6 Å². The van der Waals surface area contributed by atoms with Crippen LogP contribution in [-0.2, 0) is 0 Å². The molecule has 152 valence electrons. The summed E-state index contributed by atoms with van der Waals surface area (Å²) >= 11 is 1.44. The molecule has 4 aromatic rings. The molecule has 0 aliphatic heterocycles. The first-order valence-electron chi connectivity index (χ1n) is 9.28. The smallest absolute Gasteiger partial charge is 0.255 e. The SMILES string of the molecule is Cc1ccc(C(=O)Nc2ccc(C#N)cc2F)cc1Nc1nc(-c2cccnc2)cs1. The molecule has 4 rings (SSSR count). The lowest BCUT2D eigenvalue weighted by Crippen LogP contribution is -2.13. The normalized spacial score (nSPS) is 10.4. The van der Waals surface area contributed by atoms with Gasteiger partial charge in [0.25, 0.3) is 5.91 Å². The molecule has 0 fully saturated rings. The topological polar surface area (TPSA) is 90.7 Å². The molecule has 0 aliphatic rings. The summed E-state index contributed by atoms with van der Waals surface area (Å²) in [6, 6.07) is 14.7. The Kier molecular flexibility index (Phi) is 5.69. The van der Waals surface area contributed by atoms with Crippen molar-refractivity contribution < 1.29 is 9.18 Å². The number of nitrogens with one attached hydrogen (secondary N) is 2. The van der Waals surface area contributed by atoms with Crippen LogP contribution in [0.5, 0.6) is 0 Å². The number of aryl methyl sites for hydroxylation is 1. The second-order valence-corrected chi connectivity index (χ2v) is 7.55. The molecule has 1 amide bonds. The van der Waals surface area contributed by atoms with E-state index >= 15 is 0 Å². The zero-order valence-electron chi connectivity index (χ0n) is 16.4. The second-order valence-electron chi connectivity index (χ2n) is 6.69. The first-order valence-corrected chi connectivity index (χ1v) is 10.2. The fourth-order valence-electron chi connectivity index (χ4n) is 2.87. The number of pyridine rings is 1. The van der Waals surface area contributed by atoms with Crippen molar-refractivity contribution in [2.75, 3.05) is 10.6 Å². The van der Waals surface area contributed by atoms with Gasteiger partial charge in [-0.2, -0.15) is 5.26 Å². The Bertz CT molecular complexity index is 1300. The molecule has 2 heterocycles. The van der Waals surface area contributed by atoms with Crippen molar-refractivity contribution in [3.63, 3.8) is 0 Å². The number of benzene rings is 2.